The van der Waals surface area contributed by atoms with Gasteiger partial charge >= 0.3 is 0 Å². The molecule has 15 nitrogen and oxygen atoms in total. The minimum Gasteiger partial charge on any atom is -0.347 e. The van der Waals surface area contributed by atoms with Crippen molar-refractivity contribution in [2.45, 2.75) is 9.79 Å². The van der Waals surface area contributed by atoms with Gasteiger partial charge in [-0.2, -0.15) is 31.8 Å². The molecule has 0 bridgehead atoms. The fraction of sp³-hybridized carbons (Fsp3) is 0.167. The average molecular weight is 560 g/mol. The van der Waals surface area contributed by atoms with E-state index < -0.39 is 45.7 Å². The number of sulfonamides is 1. The van der Waals surface area contributed by atoms with Gasteiger partial charge in [-0.05, 0) is 30.3 Å². The Kier molecular flexibility index (Phi) is 7.37. The zero-order valence-corrected chi connectivity index (χ0v) is 21.3. The van der Waals surface area contributed by atoms with E-state index in [1.807, 2.05) is 0 Å². The van der Waals surface area contributed by atoms with Gasteiger partial charge in [-0.15, -0.1) is 0 Å². The maximum atomic E-state index is 11.8. The van der Waals surface area contributed by atoms with Crippen molar-refractivity contribution >= 4 is 65.2 Å². The molecule has 1 aromatic heterocycles. The van der Waals surface area contributed by atoms with Gasteiger partial charge in [-0.3, -0.25) is 13.8 Å². The number of anilines is 6. The molecule has 2 aromatic carbocycles. The minimum atomic E-state index is -4.83. The number of nitrogens with zero attached hydrogens (tertiary/aromatic N) is 4. The van der Waals surface area contributed by atoms with Crippen LogP contribution in [0.5, 0.6) is 0 Å². The van der Waals surface area contributed by atoms with E-state index in [-0.39, 0.29) is 29.2 Å². The molecule has 0 aliphatic heterocycles. The summed E-state index contributed by atoms with van der Waals surface area (Å²) >= 11 is 0. The lowest BCUT2D eigenvalue weighted by molar-refractivity contribution is 0.479. The normalized spacial score (nSPS) is 12.1. The van der Waals surface area contributed by atoms with Crippen molar-refractivity contribution < 1.29 is 34.4 Å². The molecule has 0 saturated heterocycles. The van der Waals surface area contributed by atoms with E-state index in [0.717, 1.165) is 24.5 Å². The van der Waals surface area contributed by atoms with Crippen LogP contribution in [0.25, 0.3) is 0 Å². The van der Waals surface area contributed by atoms with Gasteiger partial charge in [0.2, 0.25) is 27.9 Å². The second-order valence-electron chi connectivity index (χ2n) is 7.45. The Balaban J connectivity index is 2.10. The highest BCUT2D eigenvalue weighted by Crippen LogP contribution is 2.29. The number of nitrogens with one attached hydrogen (secondary N) is 3. The van der Waals surface area contributed by atoms with Gasteiger partial charge in [-0.25, -0.2) is 8.42 Å². The summed E-state index contributed by atoms with van der Waals surface area (Å²) < 4.78 is 91.3. The predicted octanol–water partition coefficient (Wildman–Crippen LogP) is 1.29. The highest BCUT2D eigenvalue weighted by Gasteiger charge is 2.21. The van der Waals surface area contributed by atoms with Crippen LogP contribution in [-0.4, -0.2) is 69.7 Å². The smallest absolute Gasteiger partial charge is 0.296 e. The first-order valence-electron chi connectivity index (χ1n) is 9.66. The van der Waals surface area contributed by atoms with Crippen LogP contribution in [0.4, 0.5) is 34.9 Å². The summed E-state index contributed by atoms with van der Waals surface area (Å²) in [6, 6.07) is 8.62. The molecule has 0 unspecified atom stereocenters. The van der Waals surface area contributed by atoms with Crippen molar-refractivity contribution in [1.82, 2.24) is 15.0 Å². The van der Waals surface area contributed by atoms with Crippen LogP contribution < -0.4 is 20.3 Å². The molecule has 0 radical (unpaired) electrons. The maximum absolute atomic E-state index is 11.8. The monoisotopic (exact) mass is 559 g/mol. The summed E-state index contributed by atoms with van der Waals surface area (Å²) in [6.07, 6.45) is 0.979. The SMILES string of the molecule is CN(C)c1nc(Nc2ccccc2NS(C)(=O)=O)nc(Nc2cc(S(=O)(=O)O)ccc2S(=O)(=O)O)n1. The van der Waals surface area contributed by atoms with Gasteiger partial charge in [0.25, 0.3) is 20.2 Å². The Morgan fingerprint density at radius 2 is 1.31 bits per heavy atom. The van der Waals surface area contributed by atoms with E-state index in [1.54, 1.807) is 32.3 Å². The molecule has 0 saturated carbocycles. The molecule has 0 atom stereocenters. The Hall–Kier alpha value is -3.58. The van der Waals surface area contributed by atoms with Crippen LogP contribution >= 0.6 is 0 Å². The fourth-order valence-corrected chi connectivity index (χ4v) is 4.50. The predicted molar refractivity (Wildman–Crippen MR) is 132 cm³/mol. The summed E-state index contributed by atoms with van der Waals surface area (Å²) in [5, 5.41) is 5.35. The van der Waals surface area contributed by atoms with Crippen LogP contribution in [0.3, 0.4) is 0 Å². The number of rotatable bonds is 9. The van der Waals surface area contributed by atoms with Gasteiger partial charge < -0.3 is 15.5 Å². The quantitative estimate of drug-likeness (QED) is 0.233. The molecule has 1 heterocycles. The third-order valence-corrected chi connectivity index (χ3v) is 6.62. The molecule has 5 N–H and O–H groups in total. The van der Waals surface area contributed by atoms with Gasteiger partial charge in [-0.1, -0.05) is 12.1 Å². The maximum Gasteiger partial charge on any atom is 0.296 e. The van der Waals surface area contributed by atoms with Crippen LogP contribution in [0, 0.1) is 0 Å². The first kappa shape index (κ1) is 27.0. The molecule has 0 aliphatic carbocycles. The Bertz CT molecular complexity index is 1630. The summed E-state index contributed by atoms with van der Waals surface area (Å²) in [7, 11) is -9.95. The van der Waals surface area contributed by atoms with Crippen molar-refractivity contribution in [2.24, 2.45) is 0 Å². The summed E-state index contributed by atoms with van der Waals surface area (Å²) in [5.41, 5.74) is 0.0150. The highest BCUT2D eigenvalue weighted by molar-refractivity contribution is 7.92. The molecule has 18 heteroatoms. The second-order valence-corrected chi connectivity index (χ2v) is 12.0. The van der Waals surface area contributed by atoms with E-state index in [1.165, 1.54) is 11.0 Å². The topological polar surface area (TPSA) is 221 Å². The Morgan fingerprint density at radius 1 is 0.750 bits per heavy atom. The van der Waals surface area contributed by atoms with Crippen LogP contribution in [-0.2, 0) is 30.3 Å². The largest absolute Gasteiger partial charge is 0.347 e. The summed E-state index contributed by atoms with van der Waals surface area (Å²) in [5.74, 6) is -0.302. The lowest BCUT2D eigenvalue weighted by Crippen LogP contribution is -2.16. The molecule has 0 amide bonds. The highest BCUT2D eigenvalue weighted by atomic mass is 32.2. The Morgan fingerprint density at radius 3 is 1.81 bits per heavy atom. The van der Waals surface area contributed by atoms with Crippen LogP contribution in [0.2, 0.25) is 0 Å². The molecule has 3 rings (SSSR count). The van der Waals surface area contributed by atoms with Crippen LogP contribution in [0.1, 0.15) is 0 Å². The third kappa shape index (κ3) is 6.98. The number of aromatic nitrogens is 3. The van der Waals surface area contributed by atoms with E-state index in [0.29, 0.717) is 0 Å². The van der Waals surface area contributed by atoms with Crippen molar-refractivity contribution in [3.8, 4) is 0 Å². The number of hydrogen-bond donors (Lipinski definition) is 5. The van der Waals surface area contributed by atoms with E-state index >= 15 is 0 Å². The van der Waals surface area contributed by atoms with Crippen LogP contribution in [0.15, 0.2) is 52.3 Å². The first-order valence-corrected chi connectivity index (χ1v) is 14.4. The number of hydrogen-bond acceptors (Lipinski definition) is 12. The molecule has 194 valence electrons. The zero-order chi connectivity index (χ0) is 26.9. The zero-order valence-electron chi connectivity index (χ0n) is 18.9. The molecule has 36 heavy (non-hydrogen) atoms. The minimum absolute atomic E-state index is 0.0721. The lowest BCUT2D eigenvalue weighted by Gasteiger charge is -2.16. The molecule has 0 aliphatic rings. The van der Waals surface area contributed by atoms with Crippen molar-refractivity contribution in [1.29, 1.82) is 0 Å². The number of benzene rings is 2. The standard InChI is InChI=1S/C18H21N7O8S3/c1-25(2)18-22-16(19-12-6-4-5-7-13(12)24-34(3,26)27)21-17(23-18)20-14-10-11(35(28,29)30)8-9-15(14)36(31,32)33/h4-10,24H,1-3H3,(H,28,29,30)(H,31,32,33)(H2,19,20,21,22,23). The van der Waals surface area contributed by atoms with Gasteiger partial charge in [0.1, 0.15) is 4.90 Å². The summed E-state index contributed by atoms with van der Waals surface area (Å²) in [6.45, 7) is 0. The van der Waals surface area contributed by atoms with E-state index in [2.05, 4.69) is 30.3 Å². The average Bonchev–Trinajstić information content (AvgIpc) is 2.72. The fourth-order valence-electron chi connectivity index (χ4n) is 2.79. The van der Waals surface area contributed by atoms with Gasteiger partial charge in [0.15, 0.2) is 0 Å². The lowest BCUT2D eigenvalue weighted by atomic mass is 10.3. The van der Waals surface area contributed by atoms with E-state index in [9.17, 15) is 34.4 Å². The third-order valence-electron chi connectivity index (χ3n) is 4.27. The van der Waals surface area contributed by atoms with Gasteiger partial charge in [0.05, 0.1) is 28.2 Å². The molecule has 0 spiro atoms. The van der Waals surface area contributed by atoms with Crippen molar-refractivity contribution in [3.05, 3.63) is 42.5 Å². The Labute approximate surface area is 207 Å². The number of para-hydroxylation sites is 2. The summed E-state index contributed by atoms with van der Waals surface area (Å²) in [4.78, 5) is 12.6. The second kappa shape index (κ2) is 9.82. The molecular formula is C18H21N7O8S3. The van der Waals surface area contributed by atoms with Gasteiger partial charge in [0, 0.05) is 14.1 Å². The van der Waals surface area contributed by atoms with Crippen molar-refractivity contribution in [3.63, 3.8) is 0 Å². The first-order chi connectivity index (χ1) is 16.5. The molecule has 3 aromatic rings. The molecular weight excluding hydrogens is 538 g/mol. The van der Waals surface area contributed by atoms with Crippen molar-refractivity contribution in [2.75, 3.05) is 40.6 Å². The molecule has 0 fully saturated rings. The van der Waals surface area contributed by atoms with E-state index in [4.69, 9.17) is 0 Å².